The van der Waals surface area contributed by atoms with E-state index in [1.54, 1.807) is 0 Å². The second kappa shape index (κ2) is 8.06. The Morgan fingerprint density at radius 3 is 2.29 bits per heavy atom. The zero-order valence-electron chi connectivity index (χ0n) is 12.2. The van der Waals surface area contributed by atoms with Gasteiger partial charge in [0.15, 0.2) is 0 Å². The molecule has 1 fully saturated rings. The zero-order chi connectivity index (χ0) is 12.7. The van der Waals surface area contributed by atoms with Crippen LogP contribution in [-0.2, 0) is 0 Å². The maximum atomic E-state index is 3.52. The van der Waals surface area contributed by atoms with Gasteiger partial charge in [-0.15, -0.1) is 0 Å². The smallest absolute Gasteiger partial charge is 0.0113 e. The first-order valence-electron chi connectivity index (χ1n) is 7.23. The topological polar surface area (TPSA) is 18.5 Å². The molecule has 0 aromatic heterocycles. The van der Waals surface area contributed by atoms with E-state index in [2.05, 4.69) is 42.9 Å². The number of hydrogen-bond acceptors (Lipinski definition) is 3. The zero-order valence-corrected chi connectivity index (χ0v) is 12.2. The molecule has 0 aliphatic carbocycles. The molecule has 0 aromatic rings. The fraction of sp³-hybridized carbons (Fsp3) is 1.00. The Morgan fingerprint density at radius 2 is 1.71 bits per heavy atom. The largest absolute Gasteiger partial charge is 0.316 e. The summed E-state index contributed by atoms with van der Waals surface area (Å²) in [5.41, 5.74) is 0. The van der Waals surface area contributed by atoms with E-state index in [1.165, 1.54) is 45.6 Å². The predicted octanol–water partition coefficient (Wildman–Crippen LogP) is 1.65. The molecule has 1 unspecified atom stereocenters. The van der Waals surface area contributed by atoms with Gasteiger partial charge in [-0.1, -0.05) is 13.8 Å². The molecule has 0 aromatic carbocycles. The number of rotatable bonds is 7. The van der Waals surface area contributed by atoms with Crippen LogP contribution in [0.1, 0.15) is 33.6 Å². The molecule has 1 atom stereocenters. The van der Waals surface area contributed by atoms with E-state index in [4.69, 9.17) is 0 Å². The van der Waals surface area contributed by atoms with Crippen LogP contribution in [0, 0.1) is 5.92 Å². The van der Waals surface area contributed by atoms with Crippen LogP contribution in [0.15, 0.2) is 0 Å². The first kappa shape index (κ1) is 14.9. The van der Waals surface area contributed by atoms with Crippen molar-refractivity contribution < 1.29 is 0 Å². The van der Waals surface area contributed by atoms with Crippen molar-refractivity contribution in [2.45, 2.75) is 39.7 Å². The molecule has 3 heteroatoms. The minimum atomic E-state index is 0.754. The van der Waals surface area contributed by atoms with Crippen LogP contribution in [0.2, 0.25) is 0 Å². The molecule has 1 saturated heterocycles. The highest BCUT2D eigenvalue weighted by Gasteiger charge is 2.18. The lowest BCUT2D eigenvalue weighted by Gasteiger charge is -2.36. The Kier molecular flexibility index (Phi) is 7.09. The normalized spacial score (nSPS) is 21.0. The summed E-state index contributed by atoms with van der Waals surface area (Å²) in [6, 6.07) is 0.754. The van der Waals surface area contributed by atoms with Crippen molar-refractivity contribution in [3.8, 4) is 0 Å². The molecule has 0 bridgehead atoms. The van der Waals surface area contributed by atoms with Crippen molar-refractivity contribution in [2.75, 3.05) is 46.3 Å². The second-order valence-corrected chi connectivity index (χ2v) is 5.93. The lowest BCUT2D eigenvalue weighted by atomic mass is 10.1. The molecular formula is C14H31N3. The van der Waals surface area contributed by atoms with Gasteiger partial charge in [0.1, 0.15) is 0 Å². The van der Waals surface area contributed by atoms with Gasteiger partial charge in [0.25, 0.3) is 0 Å². The highest BCUT2D eigenvalue weighted by Crippen LogP contribution is 2.09. The van der Waals surface area contributed by atoms with Crippen molar-refractivity contribution in [1.82, 2.24) is 15.1 Å². The summed E-state index contributed by atoms with van der Waals surface area (Å²) in [6.45, 7) is 14.2. The lowest BCUT2D eigenvalue weighted by molar-refractivity contribution is 0.113. The molecular weight excluding hydrogens is 210 g/mol. The standard InChI is InChI=1S/C14H31N3/c1-13(2)12-15-7-5-6-14(3)17-10-8-16(4)9-11-17/h13-15H,5-12H2,1-4H3. The van der Waals surface area contributed by atoms with Crippen LogP contribution in [0.4, 0.5) is 0 Å². The van der Waals surface area contributed by atoms with Crippen LogP contribution < -0.4 is 5.32 Å². The first-order chi connectivity index (χ1) is 8.09. The predicted molar refractivity (Wildman–Crippen MR) is 75.5 cm³/mol. The molecule has 3 nitrogen and oxygen atoms in total. The molecule has 1 N–H and O–H groups in total. The number of piperazine rings is 1. The molecule has 1 aliphatic heterocycles. The van der Waals surface area contributed by atoms with Gasteiger partial charge in [-0.3, -0.25) is 4.90 Å². The summed E-state index contributed by atoms with van der Waals surface area (Å²) >= 11 is 0. The molecule has 1 rings (SSSR count). The van der Waals surface area contributed by atoms with Crippen LogP contribution in [0.3, 0.4) is 0 Å². The maximum absolute atomic E-state index is 3.52. The van der Waals surface area contributed by atoms with Crippen molar-refractivity contribution in [3.63, 3.8) is 0 Å². The summed E-state index contributed by atoms with van der Waals surface area (Å²) < 4.78 is 0. The maximum Gasteiger partial charge on any atom is 0.0113 e. The summed E-state index contributed by atoms with van der Waals surface area (Å²) in [5.74, 6) is 0.769. The van der Waals surface area contributed by atoms with E-state index < -0.39 is 0 Å². The SMILES string of the molecule is CC(C)CNCCCC(C)N1CCN(C)CC1. The molecule has 0 radical (unpaired) electrons. The quantitative estimate of drug-likeness (QED) is 0.684. The Morgan fingerprint density at radius 1 is 1.06 bits per heavy atom. The molecule has 17 heavy (non-hydrogen) atoms. The fourth-order valence-electron chi connectivity index (χ4n) is 2.36. The number of hydrogen-bond donors (Lipinski definition) is 1. The molecule has 1 heterocycles. The van der Waals surface area contributed by atoms with Gasteiger partial charge in [-0.25, -0.2) is 0 Å². The number of nitrogens with one attached hydrogen (secondary N) is 1. The van der Waals surface area contributed by atoms with Crippen LogP contribution in [0.5, 0.6) is 0 Å². The third kappa shape index (κ3) is 6.39. The Labute approximate surface area is 108 Å². The number of nitrogens with zero attached hydrogens (tertiary/aromatic N) is 2. The Hall–Kier alpha value is -0.120. The summed E-state index contributed by atoms with van der Waals surface area (Å²) in [7, 11) is 2.22. The molecule has 102 valence electrons. The van der Waals surface area contributed by atoms with Crippen LogP contribution >= 0.6 is 0 Å². The van der Waals surface area contributed by atoms with Gasteiger partial charge in [0, 0.05) is 32.2 Å². The van der Waals surface area contributed by atoms with Crippen LogP contribution in [0.25, 0.3) is 0 Å². The lowest BCUT2D eigenvalue weighted by Crippen LogP contribution is -2.48. The van der Waals surface area contributed by atoms with Gasteiger partial charge in [-0.05, 0) is 45.8 Å². The Balaban J connectivity index is 2.02. The fourth-order valence-corrected chi connectivity index (χ4v) is 2.36. The average Bonchev–Trinajstić information content (AvgIpc) is 2.29. The molecule has 0 amide bonds. The van der Waals surface area contributed by atoms with Crippen molar-refractivity contribution in [1.29, 1.82) is 0 Å². The minimum absolute atomic E-state index is 0.754. The molecule has 0 spiro atoms. The van der Waals surface area contributed by atoms with E-state index in [9.17, 15) is 0 Å². The van der Waals surface area contributed by atoms with Crippen molar-refractivity contribution >= 4 is 0 Å². The monoisotopic (exact) mass is 241 g/mol. The van der Waals surface area contributed by atoms with E-state index in [0.717, 1.165) is 18.5 Å². The van der Waals surface area contributed by atoms with Gasteiger partial charge >= 0.3 is 0 Å². The van der Waals surface area contributed by atoms with Gasteiger partial charge in [-0.2, -0.15) is 0 Å². The molecule has 0 saturated carbocycles. The van der Waals surface area contributed by atoms with Crippen molar-refractivity contribution in [3.05, 3.63) is 0 Å². The first-order valence-corrected chi connectivity index (χ1v) is 7.23. The second-order valence-electron chi connectivity index (χ2n) is 5.93. The van der Waals surface area contributed by atoms with E-state index >= 15 is 0 Å². The van der Waals surface area contributed by atoms with Crippen LogP contribution in [-0.4, -0.2) is 62.2 Å². The van der Waals surface area contributed by atoms with Gasteiger partial charge in [0.05, 0.1) is 0 Å². The summed E-state index contributed by atoms with van der Waals surface area (Å²) in [6.07, 6.45) is 2.63. The average molecular weight is 241 g/mol. The third-order valence-corrected chi connectivity index (χ3v) is 3.69. The summed E-state index contributed by atoms with van der Waals surface area (Å²) in [5, 5.41) is 3.52. The van der Waals surface area contributed by atoms with E-state index in [0.29, 0.717) is 0 Å². The van der Waals surface area contributed by atoms with E-state index in [1.807, 2.05) is 0 Å². The van der Waals surface area contributed by atoms with Crippen molar-refractivity contribution in [2.24, 2.45) is 5.92 Å². The summed E-state index contributed by atoms with van der Waals surface area (Å²) in [4.78, 5) is 5.07. The third-order valence-electron chi connectivity index (χ3n) is 3.69. The van der Waals surface area contributed by atoms with E-state index in [-0.39, 0.29) is 0 Å². The highest BCUT2D eigenvalue weighted by molar-refractivity contribution is 4.74. The minimum Gasteiger partial charge on any atom is -0.316 e. The number of likely N-dealkylation sites (N-methyl/N-ethyl adjacent to an activating group) is 1. The molecule has 1 aliphatic rings. The Bertz CT molecular complexity index is 186. The van der Waals surface area contributed by atoms with Gasteiger partial charge in [0.2, 0.25) is 0 Å². The van der Waals surface area contributed by atoms with Gasteiger partial charge < -0.3 is 10.2 Å². The highest BCUT2D eigenvalue weighted by atomic mass is 15.3.